The third kappa shape index (κ3) is 43.6. The summed E-state index contributed by atoms with van der Waals surface area (Å²) in [5.41, 5.74) is 0. The molecule has 0 unspecified atom stereocenters. The minimum absolute atomic E-state index is 0.285. The fraction of sp³-hybridized carbons (Fsp3) is 1.00. The van der Waals surface area contributed by atoms with Gasteiger partial charge in [0.1, 0.15) is 0 Å². The molecule has 0 spiro atoms. The Balaban J connectivity index is -0.000000282. The first-order chi connectivity index (χ1) is 10.8. The largest absolute Gasteiger partial charge is 0.811 e. The van der Waals surface area contributed by atoms with E-state index in [9.17, 15) is 14.4 Å². The number of rotatable bonds is 9. The molecule has 0 aliphatic heterocycles. The molecule has 6 heteroatoms. The predicted molar refractivity (Wildman–Crippen MR) is 108 cm³/mol. The van der Waals surface area contributed by atoms with Crippen molar-refractivity contribution in [2.24, 2.45) is 23.7 Å². The van der Waals surface area contributed by atoms with E-state index in [0.717, 1.165) is 54.1 Å². The van der Waals surface area contributed by atoms with E-state index in [1.165, 1.54) is 28.1 Å². The molecule has 3 nitrogen and oxygen atoms in total. The van der Waals surface area contributed by atoms with Gasteiger partial charge in [-0.2, -0.15) is 0 Å². The summed E-state index contributed by atoms with van der Waals surface area (Å²) in [6, 6.07) is 0. The van der Waals surface area contributed by atoms with Crippen molar-refractivity contribution in [3.63, 3.8) is 0 Å². The van der Waals surface area contributed by atoms with Gasteiger partial charge in [0.05, 0.1) is 0 Å². The van der Waals surface area contributed by atoms with Gasteiger partial charge in [-0.05, 0) is 6.16 Å². The Bertz CT molecular complexity index is 256. The van der Waals surface area contributed by atoms with Crippen LogP contribution in [-0.4, -0.2) is 36.6 Å². The molecule has 0 heterocycles. The van der Waals surface area contributed by atoms with Gasteiger partial charge in [0.15, 0.2) is 0 Å². The Hall–Kier alpha value is 1.21. The summed E-state index contributed by atoms with van der Waals surface area (Å²) in [5.74, 6) is 3.72. The van der Waals surface area contributed by atoms with E-state index in [1.807, 2.05) is 0 Å². The minimum atomic E-state index is -4.15. The Labute approximate surface area is 165 Å². The Morgan fingerprint density at radius 1 is 0.667 bits per heavy atom. The van der Waals surface area contributed by atoms with Gasteiger partial charge in [-0.3, -0.25) is 0 Å². The average Bonchev–Trinajstić information content (AvgIpc) is 2.37. The van der Waals surface area contributed by atoms with Gasteiger partial charge in [0.25, 0.3) is 0 Å². The van der Waals surface area contributed by atoms with Crippen LogP contribution in [0.25, 0.3) is 0 Å². The minimum Gasteiger partial charge on any atom is -0.811 e. The number of hydrogen-bond acceptors (Lipinski definition) is 3. The predicted octanol–water partition coefficient (Wildman–Crippen LogP) is 4.60. The van der Waals surface area contributed by atoms with Crippen LogP contribution in [-0.2, 0) is 4.57 Å². The van der Waals surface area contributed by atoms with Gasteiger partial charge in [0, 0.05) is 0 Å². The van der Waals surface area contributed by atoms with Crippen LogP contribution in [0.1, 0.15) is 62.3 Å². The molecule has 0 N–H and O–H groups in total. The molecule has 0 radical (unpaired) electrons. The second-order valence-corrected chi connectivity index (χ2v) is 12.9. The summed E-state index contributed by atoms with van der Waals surface area (Å²) in [4.78, 5) is 18.9. The summed E-state index contributed by atoms with van der Waals surface area (Å²) < 4.78 is 9.47. The van der Waals surface area contributed by atoms with Gasteiger partial charge < -0.3 is 14.4 Å². The Kier molecular flexibility index (Phi) is 23.7. The van der Waals surface area contributed by atoms with Crippen molar-refractivity contribution in [1.29, 1.82) is 0 Å². The molecule has 0 aliphatic carbocycles. The maximum absolute atomic E-state index is 9.47. The maximum Gasteiger partial charge on any atom is -0.0279 e. The molecule has 0 bridgehead atoms. The first-order valence-electron chi connectivity index (χ1n) is 9.46. The van der Waals surface area contributed by atoms with Crippen LogP contribution >= 0.6 is 7.60 Å². The molecule has 0 saturated carbocycles. The second kappa shape index (κ2) is 19.0. The smallest absolute Gasteiger partial charge is 0.0279 e. The van der Waals surface area contributed by atoms with Gasteiger partial charge in [-0.15, -0.1) is 0 Å². The van der Waals surface area contributed by atoms with Crippen LogP contribution in [0.15, 0.2) is 0 Å². The molecule has 0 saturated heterocycles. The fourth-order valence-corrected chi connectivity index (χ4v) is 4.58. The van der Waals surface area contributed by atoms with Gasteiger partial charge >= 0.3 is 131 Å². The van der Waals surface area contributed by atoms with Crippen LogP contribution in [0.3, 0.4) is 0 Å². The first-order valence-corrected chi connectivity index (χ1v) is 14.4. The van der Waals surface area contributed by atoms with Crippen molar-refractivity contribution in [2.45, 2.75) is 83.4 Å². The zero-order valence-corrected chi connectivity index (χ0v) is 20.9. The monoisotopic (exact) mass is 390 g/mol. The molecule has 0 aromatic carbocycles. The van der Waals surface area contributed by atoms with Crippen LogP contribution in [0.4, 0.5) is 0 Å². The SMILES string of the molecule is CC(C)[CH2][Al+][CH2]C(C)C.CC(C)[CH2][Al+][CH2]C(C)C.CCP(=O)([O-])[O-]. The zero-order valence-electron chi connectivity index (χ0n) is 17.7. The summed E-state index contributed by atoms with van der Waals surface area (Å²) in [6.07, 6.45) is -0.285. The Morgan fingerprint density at radius 2 is 0.833 bits per heavy atom. The van der Waals surface area contributed by atoms with Crippen molar-refractivity contribution in [3.8, 4) is 0 Å². The third-order valence-electron chi connectivity index (χ3n) is 2.94. The summed E-state index contributed by atoms with van der Waals surface area (Å²) in [5, 5.41) is 5.94. The maximum atomic E-state index is 9.47. The Morgan fingerprint density at radius 3 is 0.917 bits per heavy atom. The number of hydrogen-bond donors (Lipinski definition) is 0. The van der Waals surface area contributed by atoms with Crippen molar-refractivity contribution >= 4 is 38.0 Å². The molecule has 0 amide bonds. The zero-order chi connectivity index (χ0) is 19.8. The molecule has 24 heavy (non-hydrogen) atoms. The molecular weight excluding hydrogens is 349 g/mol. The van der Waals surface area contributed by atoms with Crippen molar-refractivity contribution in [1.82, 2.24) is 0 Å². The van der Waals surface area contributed by atoms with E-state index in [0.29, 0.717) is 0 Å². The van der Waals surface area contributed by atoms with Crippen molar-refractivity contribution in [2.75, 3.05) is 6.16 Å². The van der Waals surface area contributed by atoms with Crippen LogP contribution < -0.4 is 9.79 Å². The molecule has 0 atom stereocenters. The topological polar surface area (TPSA) is 63.2 Å². The van der Waals surface area contributed by atoms with Gasteiger partial charge in [0.2, 0.25) is 0 Å². The summed E-state index contributed by atoms with van der Waals surface area (Å²) in [7, 11) is -4.15. The fourth-order valence-electron chi connectivity index (χ4n) is 1.53. The average molecular weight is 390 g/mol. The molecule has 0 fully saturated rings. The van der Waals surface area contributed by atoms with Crippen LogP contribution in [0.2, 0.25) is 21.1 Å². The summed E-state index contributed by atoms with van der Waals surface area (Å²) >= 11 is 1.51. The second-order valence-electron chi connectivity index (χ2n) is 8.02. The van der Waals surface area contributed by atoms with E-state index in [-0.39, 0.29) is 6.16 Å². The molecule has 0 rings (SSSR count). The van der Waals surface area contributed by atoms with E-state index in [1.54, 1.807) is 0 Å². The van der Waals surface area contributed by atoms with Crippen LogP contribution in [0.5, 0.6) is 0 Å². The van der Waals surface area contributed by atoms with Crippen LogP contribution in [0, 0.1) is 23.7 Å². The normalized spacial score (nSPS) is 10.8. The quantitative estimate of drug-likeness (QED) is 0.427. The van der Waals surface area contributed by atoms with E-state index in [2.05, 4.69) is 55.4 Å². The summed E-state index contributed by atoms with van der Waals surface area (Å²) in [6.45, 7) is 19.8. The standard InChI is InChI=1S/4C4H9.C2H7O3P.2Al/c4*1-4(2)3;1-2-6(3,4)5;;/h4*4H,1H2,2-3H3;2H2,1H3,(H2,3,4,5);;/q;;;;;2*+1/p-2. The first kappa shape index (κ1) is 30.0. The molecule has 0 aromatic rings. The molecule has 142 valence electrons. The molecule has 0 aromatic heterocycles. The van der Waals surface area contributed by atoms with Crippen molar-refractivity contribution < 1.29 is 14.4 Å². The molecule has 0 aliphatic rings. The van der Waals surface area contributed by atoms with Gasteiger partial charge in [-0.1, -0.05) is 14.5 Å². The third-order valence-corrected chi connectivity index (χ3v) is 8.82. The van der Waals surface area contributed by atoms with E-state index in [4.69, 9.17) is 0 Å². The molecular formula is C18H41Al2O3P. The van der Waals surface area contributed by atoms with E-state index >= 15 is 0 Å². The van der Waals surface area contributed by atoms with E-state index < -0.39 is 7.60 Å². The van der Waals surface area contributed by atoms with Crippen molar-refractivity contribution in [3.05, 3.63) is 0 Å². The van der Waals surface area contributed by atoms with Gasteiger partial charge in [-0.25, -0.2) is 0 Å².